The molecule has 12 heteroatoms. The number of nitrogens with one attached hydrogen (secondary N) is 4. The predicted molar refractivity (Wildman–Crippen MR) is 174 cm³/mol. The minimum Gasteiger partial charge on any atom is -0.370 e. The highest BCUT2D eigenvalue weighted by molar-refractivity contribution is 5.95. The summed E-state index contributed by atoms with van der Waals surface area (Å²) < 4.78 is 1.56. The largest absolute Gasteiger partial charge is 0.370 e. The Kier molecular flexibility index (Phi) is 7.64. The summed E-state index contributed by atoms with van der Waals surface area (Å²) in [6.45, 7) is 6.07. The molecule has 234 valence electrons. The molecule has 2 aliphatic heterocycles. The van der Waals surface area contributed by atoms with Gasteiger partial charge >= 0.3 is 5.69 Å². The topological polar surface area (TPSA) is 174 Å². The smallest absolute Gasteiger partial charge is 0.354 e. The highest BCUT2D eigenvalue weighted by Crippen LogP contribution is 2.65. The first-order valence-corrected chi connectivity index (χ1v) is 15.7. The number of guanidine groups is 1. The van der Waals surface area contributed by atoms with Crippen LogP contribution in [0.1, 0.15) is 35.2 Å². The van der Waals surface area contributed by atoms with Crippen LogP contribution in [0.3, 0.4) is 0 Å². The molecular weight excluding hydrogens is 568 g/mol. The van der Waals surface area contributed by atoms with Crippen LogP contribution in [0.25, 0.3) is 28.0 Å². The van der Waals surface area contributed by atoms with Crippen molar-refractivity contribution in [1.29, 1.82) is 5.41 Å². The van der Waals surface area contributed by atoms with Crippen LogP contribution < -0.4 is 27.8 Å². The van der Waals surface area contributed by atoms with E-state index < -0.39 is 0 Å². The van der Waals surface area contributed by atoms with Crippen molar-refractivity contribution in [1.82, 2.24) is 35.0 Å². The number of aromatic amines is 1. The Bertz CT molecular complexity index is 1780. The average Bonchev–Trinajstić information content (AvgIpc) is 3.79. The third kappa shape index (κ3) is 5.72. The second-order valence-electron chi connectivity index (χ2n) is 12.5. The summed E-state index contributed by atoms with van der Waals surface area (Å²) in [6, 6.07) is 17.8. The highest BCUT2D eigenvalue weighted by Gasteiger charge is 2.80. The lowest BCUT2D eigenvalue weighted by molar-refractivity contribution is 0.0946. The summed E-state index contributed by atoms with van der Waals surface area (Å²) >= 11 is 0. The molecule has 3 aliphatic rings. The zero-order valence-electron chi connectivity index (χ0n) is 25.3. The second-order valence-corrected chi connectivity index (χ2v) is 12.5. The van der Waals surface area contributed by atoms with E-state index in [1.54, 1.807) is 4.57 Å². The van der Waals surface area contributed by atoms with Gasteiger partial charge < -0.3 is 27.1 Å². The number of piperidine rings is 2. The van der Waals surface area contributed by atoms with E-state index in [2.05, 4.69) is 30.4 Å². The van der Waals surface area contributed by atoms with E-state index in [-0.39, 0.29) is 23.1 Å². The number of carbonyl (C=O) groups excluding carboxylic acids is 1. The van der Waals surface area contributed by atoms with E-state index in [0.29, 0.717) is 36.3 Å². The van der Waals surface area contributed by atoms with E-state index in [0.717, 1.165) is 66.9 Å². The van der Waals surface area contributed by atoms with Crippen molar-refractivity contribution >= 4 is 22.9 Å². The highest BCUT2D eigenvalue weighted by atomic mass is 16.2. The minimum atomic E-state index is -0.364. The van der Waals surface area contributed by atoms with Crippen molar-refractivity contribution in [2.45, 2.75) is 37.4 Å². The SMILES string of the molecule is N=C(N)NCCCN(CCCN)Cc1ccc(-n2cc3cc(-c4ccc(C(=O)NC5C6CCN7CC657)cc4)[nH]c3nc2=O)cc1. The average molecular weight is 609 g/mol. The first-order valence-electron chi connectivity index (χ1n) is 15.7. The number of carbonyl (C=O) groups is 1. The van der Waals surface area contributed by atoms with E-state index in [1.807, 2.05) is 60.8 Å². The standard InChI is InChI=1S/C33H40N10O2/c34-12-1-14-41(15-2-13-37-31(35)36)18-21-3-9-25(10-4-21)43-19-24-17-27(38-29(24)40-32(43)45)22-5-7-23(8-6-22)30(44)39-28-26-11-16-42-20-33(26,28)42/h3-10,17,19,26,28H,1-2,11-16,18,20,34H2,(H,39,44)(H4,35,36,37)(H,38,40,45). The number of amides is 1. The summed E-state index contributed by atoms with van der Waals surface area (Å²) in [5, 5.41) is 14.2. The number of rotatable bonds is 13. The van der Waals surface area contributed by atoms with E-state index >= 15 is 0 Å². The van der Waals surface area contributed by atoms with Crippen molar-refractivity contribution in [3.63, 3.8) is 0 Å². The molecule has 2 aromatic heterocycles. The molecule has 4 aromatic rings. The van der Waals surface area contributed by atoms with Crippen molar-refractivity contribution in [3.8, 4) is 16.9 Å². The maximum Gasteiger partial charge on any atom is 0.354 e. The molecule has 45 heavy (non-hydrogen) atoms. The molecule has 7 rings (SSSR count). The summed E-state index contributed by atoms with van der Waals surface area (Å²) in [7, 11) is 0. The molecule has 0 bridgehead atoms. The second kappa shape index (κ2) is 11.8. The molecule has 0 radical (unpaired) electrons. The molecule has 4 heterocycles. The molecular formula is C33H40N10O2. The molecule has 3 fully saturated rings. The summed E-state index contributed by atoms with van der Waals surface area (Å²) in [5.41, 5.74) is 15.8. The third-order valence-electron chi connectivity index (χ3n) is 9.63. The lowest BCUT2D eigenvalue weighted by atomic mass is 10.1. The molecule has 1 amide bonds. The number of benzene rings is 2. The Balaban J connectivity index is 1.01. The summed E-state index contributed by atoms with van der Waals surface area (Å²) in [4.78, 5) is 38.3. The normalized spacial score (nSPS) is 22.7. The fourth-order valence-corrected chi connectivity index (χ4v) is 7.14. The Morgan fingerprint density at radius 2 is 1.91 bits per heavy atom. The summed E-state index contributed by atoms with van der Waals surface area (Å²) in [6.07, 6.45) is 4.76. The predicted octanol–water partition coefficient (Wildman–Crippen LogP) is 1.59. The molecule has 2 saturated heterocycles. The van der Waals surface area contributed by atoms with Crippen molar-refractivity contribution in [2.75, 3.05) is 39.3 Å². The van der Waals surface area contributed by atoms with Crippen LogP contribution in [0.5, 0.6) is 0 Å². The lowest BCUT2D eigenvalue weighted by Gasteiger charge is -2.22. The summed E-state index contributed by atoms with van der Waals surface area (Å²) in [5.74, 6) is 0.590. The Hall–Kier alpha value is -4.52. The molecule has 1 aliphatic carbocycles. The van der Waals surface area contributed by atoms with Crippen LogP contribution in [0.4, 0.5) is 0 Å². The van der Waals surface area contributed by atoms with Crippen molar-refractivity contribution < 1.29 is 4.79 Å². The fraction of sp³-hybridized carbons (Fsp3) is 0.394. The van der Waals surface area contributed by atoms with Gasteiger partial charge in [-0.15, -0.1) is 0 Å². The van der Waals surface area contributed by atoms with Crippen LogP contribution in [0.2, 0.25) is 0 Å². The minimum absolute atomic E-state index is 0.0163. The van der Waals surface area contributed by atoms with Crippen LogP contribution >= 0.6 is 0 Å². The molecule has 1 spiro atoms. The number of aromatic nitrogens is 3. The fourth-order valence-electron chi connectivity index (χ4n) is 7.14. The number of H-pyrrole nitrogens is 1. The molecule has 8 N–H and O–H groups in total. The third-order valence-corrected chi connectivity index (χ3v) is 9.63. The maximum absolute atomic E-state index is 13.0. The monoisotopic (exact) mass is 608 g/mol. The maximum atomic E-state index is 13.0. The quantitative estimate of drug-likeness (QED) is 0.0574. The molecule has 12 nitrogen and oxygen atoms in total. The lowest BCUT2D eigenvalue weighted by Crippen LogP contribution is -2.34. The zero-order valence-corrected chi connectivity index (χ0v) is 25.3. The molecule has 1 saturated carbocycles. The first kappa shape index (κ1) is 29.2. The van der Waals surface area contributed by atoms with E-state index in [9.17, 15) is 9.59 Å². The van der Waals surface area contributed by atoms with Gasteiger partial charge in [-0.1, -0.05) is 24.3 Å². The van der Waals surface area contributed by atoms with Crippen LogP contribution in [-0.2, 0) is 6.54 Å². The van der Waals surface area contributed by atoms with Gasteiger partial charge in [0.05, 0.1) is 17.3 Å². The van der Waals surface area contributed by atoms with E-state index in [4.69, 9.17) is 16.9 Å². The Morgan fingerprint density at radius 1 is 1.13 bits per heavy atom. The van der Waals surface area contributed by atoms with Crippen molar-refractivity contribution in [3.05, 3.63) is 82.4 Å². The Labute approximate surface area is 261 Å². The molecule has 2 aromatic carbocycles. The number of hydrogen-bond acceptors (Lipinski definition) is 7. The zero-order chi connectivity index (χ0) is 31.1. The van der Waals surface area contributed by atoms with E-state index in [1.165, 1.54) is 13.0 Å². The van der Waals surface area contributed by atoms with Gasteiger partial charge in [-0.2, -0.15) is 4.98 Å². The number of nitrogens with two attached hydrogens (primary N) is 2. The molecule has 4 unspecified atom stereocenters. The van der Waals surface area contributed by atoms with Crippen LogP contribution in [-0.4, -0.2) is 87.1 Å². The number of nitrogens with zero attached hydrogens (tertiary/aromatic N) is 4. The van der Waals surface area contributed by atoms with Gasteiger partial charge in [0, 0.05) is 54.9 Å². The van der Waals surface area contributed by atoms with Gasteiger partial charge in [-0.3, -0.25) is 24.6 Å². The first-order chi connectivity index (χ1) is 21.9. The van der Waals surface area contributed by atoms with Crippen LogP contribution in [0, 0.1) is 11.3 Å². The van der Waals surface area contributed by atoms with Crippen LogP contribution in [0.15, 0.2) is 65.6 Å². The van der Waals surface area contributed by atoms with Gasteiger partial charge in [-0.05, 0) is 80.4 Å². The number of hydrogen-bond donors (Lipinski definition) is 6. The Morgan fingerprint density at radius 3 is 2.60 bits per heavy atom. The van der Waals surface area contributed by atoms with Gasteiger partial charge in [0.2, 0.25) is 0 Å². The van der Waals surface area contributed by atoms with Gasteiger partial charge in [0.15, 0.2) is 5.96 Å². The van der Waals surface area contributed by atoms with Crippen molar-refractivity contribution in [2.24, 2.45) is 17.4 Å². The van der Waals surface area contributed by atoms with Gasteiger partial charge in [-0.25, -0.2) is 4.79 Å². The number of fused-ring (bicyclic) bond motifs is 1. The van der Waals surface area contributed by atoms with Gasteiger partial charge in [0.25, 0.3) is 5.91 Å². The molecule has 4 atom stereocenters. The van der Waals surface area contributed by atoms with Gasteiger partial charge in [0.1, 0.15) is 5.65 Å².